The Morgan fingerprint density at radius 2 is 1.43 bits per heavy atom. The Kier molecular flexibility index (Phi) is 6.90. The maximum atomic E-state index is 6.53. The summed E-state index contributed by atoms with van der Waals surface area (Å²) in [6.45, 7) is 15.7. The second-order valence-electron chi connectivity index (χ2n) is 10.9. The Balaban J connectivity index is 1.70. The molecule has 0 saturated carbocycles. The first kappa shape index (κ1) is 25.2. The predicted octanol–water partition coefficient (Wildman–Crippen LogP) is 10.2. The van der Waals surface area contributed by atoms with Crippen molar-refractivity contribution >= 4 is 22.1 Å². The third-order valence-corrected chi connectivity index (χ3v) is 7.84. The van der Waals surface area contributed by atoms with Crippen molar-refractivity contribution < 1.29 is 4.42 Å². The second kappa shape index (κ2) is 10.1. The van der Waals surface area contributed by atoms with Gasteiger partial charge in [-0.05, 0) is 84.0 Å². The number of aryl methyl sites for hydroxylation is 1. The minimum Gasteiger partial charge on any atom is -0.437 e. The highest BCUT2D eigenvalue weighted by Crippen LogP contribution is 2.39. The topological polar surface area (TPSA) is 38.9 Å². The van der Waals surface area contributed by atoms with Gasteiger partial charge >= 0.3 is 0 Å². The minimum atomic E-state index is 0.408. The Morgan fingerprint density at radius 3 is 2.08 bits per heavy atom. The molecule has 0 atom stereocenters. The molecule has 0 N–H and O–H groups in total. The summed E-state index contributed by atoms with van der Waals surface area (Å²) in [5.74, 6) is 1.35. The highest BCUT2D eigenvalue weighted by molar-refractivity contribution is 6.08. The van der Waals surface area contributed by atoms with Crippen LogP contribution in [0.25, 0.3) is 44.6 Å². The number of nitrogens with zero attached hydrogens (tertiary/aromatic N) is 2. The quantitative estimate of drug-likeness (QED) is 0.228. The highest BCUT2D eigenvalue weighted by atomic mass is 16.3. The van der Waals surface area contributed by atoms with Gasteiger partial charge in [0.2, 0.25) is 5.71 Å². The van der Waals surface area contributed by atoms with Crippen LogP contribution < -0.4 is 0 Å². The molecule has 3 nitrogen and oxygen atoms in total. The van der Waals surface area contributed by atoms with E-state index in [1.54, 1.807) is 0 Å². The third kappa shape index (κ3) is 4.45. The average molecular weight is 491 g/mol. The van der Waals surface area contributed by atoms with E-state index in [1.807, 2.05) is 6.20 Å². The maximum absolute atomic E-state index is 6.53. The summed E-state index contributed by atoms with van der Waals surface area (Å²) in [7, 11) is 0. The molecule has 190 valence electrons. The lowest BCUT2D eigenvalue weighted by atomic mass is 9.87. The summed E-state index contributed by atoms with van der Waals surface area (Å²) < 4.78 is 6.53. The Bertz CT molecular complexity index is 1540. The number of rotatable bonds is 7. The first-order chi connectivity index (χ1) is 17.8. The van der Waals surface area contributed by atoms with Gasteiger partial charge in [-0.15, -0.1) is 0 Å². The molecule has 0 aliphatic carbocycles. The molecular weight excluding hydrogens is 452 g/mol. The van der Waals surface area contributed by atoms with E-state index >= 15 is 0 Å². The molecule has 0 unspecified atom stereocenters. The van der Waals surface area contributed by atoms with Crippen molar-refractivity contribution in [2.24, 2.45) is 0 Å². The van der Waals surface area contributed by atoms with Crippen molar-refractivity contribution in [3.63, 3.8) is 0 Å². The Morgan fingerprint density at radius 1 is 0.757 bits per heavy atom. The van der Waals surface area contributed by atoms with Crippen LogP contribution in [0.15, 0.2) is 65.2 Å². The van der Waals surface area contributed by atoms with E-state index in [0.717, 1.165) is 46.1 Å². The fourth-order valence-electron chi connectivity index (χ4n) is 5.72. The lowest BCUT2D eigenvalue weighted by molar-refractivity contribution is 0.637. The van der Waals surface area contributed by atoms with E-state index in [1.165, 1.54) is 27.8 Å². The fourth-order valence-corrected chi connectivity index (χ4v) is 5.72. The van der Waals surface area contributed by atoms with Crippen molar-refractivity contribution in [3.8, 4) is 22.5 Å². The summed E-state index contributed by atoms with van der Waals surface area (Å²) in [6, 6.07) is 19.6. The van der Waals surface area contributed by atoms with Crippen LogP contribution >= 0.6 is 0 Å². The van der Waals surface area contributed by atoms with Crippen LogP contribution in [-0.4, -0.2) is 9.97 Å². The van der Waals surface area contributed by atoms with Gasteiger partial charge in [0.05, 0.1) is 11.4 Å². The van der Waals surface area contributed by atoms with Crippen LogP contribution in [0.1, 0.15) is 94.4 Å². The Labute approximate surface area is 221 Å². The standard InChI is InChI=1S/C34H38N2O/c1-8-23(9-2)29-18-31(35-19-22(29)7)28-15-11-14-26-27-16-17-30(36-34(27)37-33(26)28)32-24(20(3)4)12-10-13-25(32)21(5)6/h10-21,23H,8-9H2,1-7H3. The van der Waals surface area contributed by atoms with Crippen molar-refractivity contribution in [3.05, 3.63) is 83.0 Å². The molecule has 3 aromatic heterocycles. The summed E-state index contributed by atoms with van der Waals surface area (Å²) in [6.07, 6.45) is 4.26. The molecule has 37 heavy (non-hydrogen) atoms. The maximum Gasteiger partial charge on any atom is 0.227 e. The van der Waals surface area contributed by atoms with E-state index in [2.05, 4.69) is 103 Å². The molecule has 0 saturated heterocycles. The van der Waals surface area contributed by atoms with E-state index in [4.69, 9.17) is 14.4 Å². The molecule has 0 fully saturated rings. The van der Waals surface area contributed by atoms with E-state index in [-0.39, 0.29) is 0 Å². The lowest BCUT2D eigenvalue weighted by Crippen LogP contribution is -2.00. The number of pyridine rings is 2. The summed E-state index contributed by atoms with van der Waals surface area (Å²) in [5, 5.41) is 2.13. The normalized spacial score (nSPS) is 12.1. The zero-order valence-electron chi connectivity index (χ0n) is 23.2. The van der Waals surface area contributed by atoms with Crippen LogP contribution in [0.3, 0.4) is 0 Å². The molecule has 0 spiro atoms. The van der Waals surface area contributed by atoms with Crippen LogP contribution in [0.5, 0.6) is 0 Å². The van der Waals surface area contributed by atoms with Gasteiger partial charge in [0.15, 0.2) is 0 Å². The Hall–Kier alpha value is -3.46. The summed E-state index contributed by atoms with van der Waals surface area (Å²) in [4.78, 5) is 9.93. The number of furan rings is 1. The zero-order valence-corrected chi connectivity index (χ0v) is 23.2. The van der Waals surface area contributed by atoms with Gasteiger partial charge in [0.25, 0.3) is 0 Å². The average Bonchev–Trinajstić information content (AvgIpc) is 3.28. The van der Waals surface area contributed by atoms with Crippen LogP contribution in [0, 0.1) is 6.92 Å². The van der Waals surface area contributed by atoms with Crippen molar-refractivity contribution in [1.29, 1.82) is 0 Å². The van der Waals surface area contributed by atoms with Crippen LogP contribution in [0.2, 0.25) is 0 Å². The fraction of sp³-hybridized carbons (Fsp3) is 0.353. The molecular formula is C34H38N2O. The van der Waals surface area contributed by atoms with Crippen molar-refractivity contribution in [2.75, 3.05) is 0 Å². The number of aromatic nitrogens is 2. The monoisotopic (exact) mass is 490 g/mol. The number of fused-ring (bicyclic) bond motifs is 3. The molecule has 5 aromatic rings. The molecule has 0 amide bonds. The van der Waals surface area contributed by atoms with E-state index in [9.17, 15) is 0 Å². The smallest absolute Gasteiger partial charge is 0.227 e. The van der Waals surface area contributed by atoms with Gasteiger partial charge in [-0.1, -0.05) is 71.9 Å². The van der Waals surface area contributed by atoms with Gasteiger partial charge in [0, 0.05) is 28.1 Å². The predicted molar refractivity (Wildman–Crippen MR) is 156 cm³/mol. The molecule has 0 radical (unpaired) electrons. The molecule has 0 aliphatic heterocycles. The number of hydrogen-bond donors (Lipinski definition) is 0. The zero-order chi connectivity index (χ0) is 26.3. The van der Waals surface area contributed by atoms with Crippen LogP contribution in [0.4, 0.5) is 0 Å². The van der Waals surface area contributed by atoms with E-state index < -0.39 is 0 Å². The highest BCUT2D eigenvalue weighted by Gasteiger charge is 2.20. The molecule has 0 aliphatic rings. The number of para-hydroxylation sites is 1. The van der Waals surface area contributed by atoms with Crippen molar-refractivity contribution in [1.82, 2.24) is 9.97 Å². The largest absolute Gasteiger partial charge is 0.437 e. The lowest BCUT2D eigenvalue weighted by Gasteiger charge is -2.19. The van der Waals surface area contributed by atoms with Crippen LogP contribution in [-0.2, 0) is 0 Å². The molecule has 2 aromatic carbocycles. The first-order valence-corrected chi connectivity index (χ1v) is 13.8. The molecule has 0 bridgehead atoms. The first-order valence-electron chi connectivity index (χ1n) is 13.8. The van der Waals surface area contributed by atoms with E-state index in [0.29, 0.717) is 23.5 Å². The number of hydrogen-bond acceptors (Lipinski definition) is 3. The van der Waals surface area contributed by atoms with Gasteiger partial charge < -0.3 is 4.42 Å². The third-order valence-electron chi connectivity index (χ3n) is 7.84. The van der Waals surface area contributed by atoms with Gasteiger partial charge in [0.1, 0.15) is 5.58 Å². The van der Waals surface area contributed by atoms with Gasteiger partial charge in [-0.3, -0.25) is 4.98 Å². The SMILES string of the molecule is CCC(CC)c1cc(-c2cccc3c2oc2nc(-c4c(C(C)C)cccc4C(C)C)ccc23)ncc1C. The molecule has 5 rings (SSSR count). The van der Waals surface area contributed by atoms with Crippen molar-refractivity contribution in [2.45, 2.75) is 79.1 Å². The molecule has 3 heteroatoms. The second-order valence-corrected chi connectivity index (χ2v) is 10.9. The number of benzene rings is 2. The minimum absolute atomic E-state index is 0.408. The van der Waals surface area contributed by atoms with Gasteiger partial charge in [-0.25, -0.2) is 4.98 Å². The van der Waals surface area contributed by atoms with Gasteiger partial charge in [-0.2, -0.15) is 0 Å². The summed E-state index contributed by atoms with van der Waals surface area (Å²) >= 11 is 0. The molecule has 3 heterocycles. The summed E-state index contributed by atoms with van der Waals surface area (Å²) in [5.41, 5.74) is 11.0.